The maximum atomic E-state index is 14.2. The zero-order valence-corrected chi connectivity index (χ0v) is 50.4. The van der Waals surface area contributed by atoms with Crippen molar-refractivity contribution in [2.24, 2.45) is 42.3 Å². The minimum Gasteiger partial charge on any atom is -0.311 e. The first-order chi connectivity index (χ1) is 43.5. The lowest BCUT2D eigenvalue weighted by Crippen LogP contribution is -2.15. The number of aromatic nitrogens is 6. The zero-order valence-electron chi connectivity index (χ0n) is 50.4. The Hall–Kier alpha value is -11.8. The van der Waals surface area contributed by atoms with Crippen molar-refractivity contribution in [2.45, 2.75) is 0 Å². The SMILES string of the molecule is Cn1c(=O)c2ccc(cc2)c2cc3cc(c2)c2ccc(cc2)c(=O)n(C)c2ccc(cc2)n(C)c(=O)c2ccc(cc2)c2cc(cc(c2)c2ccc(cc2)c(=O)n(C)c2ccc(cc2)n(C)c(=O)c2ccc3cc2)c2ccc(cc2)c(=O)n(C)c2ccc1cc2. The summed E-state index contributed by atoms with van der Waals surface area (Å²) >= 11 is 0. The van der Waals surface area contributed by atoms with E-state index in [1.807, 2.05) is 218 Å². The predicted molar refractivity (Wildman–Crippen MR) is 374 cm³/mol. The third-order valence-corrected chi connectivity index (χ3v) is 17.4. The second-order valence-electron chi connectivity index (χ2n) is 22.8. The molecule has 0 spiro atoms. The molecule has 0 amide bonds. The van der Waals surface area contributed by atoms with Crippen molar-refractivity contribution in [3.05, 3.63) is 317 Å². The van der Waals surface area contributed by atoms with Crippen LogP contribution in [0.3, 0.4) is 0 Å². The Labute approximate surface area is 514 Å². The largest absolute Gasteiger partial charge is 0.311 e. The number of hydrogen-bond donors (Lipinski definition) is 0. The van der Waals surface area contributed by atoms with Gasteiger partial charge >= 0.3 is 0 Å². The van der Waals surface area contributed by atoms with Gasteiger partial charge in [0.2, 0.25) is 0 Å². The molecule has 41 rings (SSSR count). The number of nitrogens with zero attached hydrogens (tertiary/aromatic N) is 6. The molecule has 11 aromatic carbocycles. The first kappa shape index (κ1) is 57.3. The lowest BCUT2D eigenvalue weighted by atomic mass is 10.0. The topological polar surface area (TPSA) is 132 Å². The van der Waals surface area contributed by atoms with Crippen molar-refractivity contribution in [1.29, 1.82) is 0 Å². The lowest BCUT2D eigenvalue weighted by molar-refractivity contribution is 0.907. The zero-order chi connectivity index (χ0) is 62.5. The van der Waals surface area contributed by atoms with E-state index in [1.165, 1.54) is 0 Å². The Bertz CT molecular complexity index is 4980. The van der Waals surface area contributed by atoms with Gasteiger partial charge in [0, 0.05) is 108 Å². The predicted octanol–water partition coefficient (Wildman–Crippen LogP) is 14.5. The normalized spacial score (nSPS) is 11.3. The lowest BCUT2D eigenvalue weighted by Gasteiger charge is -2.04. The molecule has 0 aliphatic heterocycles. The minimum absolute atomic E-state index is 0.215. The highest BCUT2D eigenvalue weighted by atomic mass is 16.1. The van der Waals surface area contributed by atoms with Crippen LogP contribution >= 0.6 is 0 Å². The van der Waals surface area contributed by atoms with Crippen LogP contribution in [-0.4, -0.2) is 27.4 Å². The standard InChI is InChI=1S/C78H60N6O6/c1-79-67-31-33-68(34-32-67)80(2)74(86)56-21-9-52(10-22-56)64-46-65-48-66(47-64)54-17-29-60(30-18-54)78(90)84(6)72-41-37-70(38-42-72)82(4)76(88)58-25-13-51(14-26-58)63-44-61(49-7-19-55(20-8-49)73(79)85)43-62(45-63)50-11-23-57(24-12-50)75(87)81(3)69-35-39-71(40-36-69)83(5)77(89)59-27-15-53(65)16-28-59/h7-48H,1-6H3. The van der Waals surface area contributed by atoms with Gasteiger partial charge in [0.15, 0.2) is 0 Å². The highest BCUT2D eigenvalue weighted by Crippen LogP contribution is 2.27. The van der Waals surface area contributed by atoms with Gasteiger partial charge in [-0.25, -0.2) is 0 Å². The van der Waals surface area contributed by atoms with E-state index in [1.54, 1.807) is 69.7 Å². The Morgan fingerprint density at radius 1 is 0.144 bits per heavy atom. The van der Waals surface area contributed by atoms with Crippen LogP contribution in [0.4, 0.5) is 0 Å². The van der Waals surface area contributed by atoms with Crippen molar-refractivity contribution in [3.63, 3.8) is 0 Å². The molecule has 12 nitrogen and oxygen atoms in total. The molecule has 41 aromatic rings. The van der Waals surface area contributed by atoms with Crippen LogP contribution in [0.5, 0.6) is 0 Å². The molecule has 30 heterocycles. The molecule has 0 unspecified atom stereocenters. The van der Waals surface area contributed by atoms with Gasteiger partial charge in [-0.05, 0) is 247 Å². The van der Waals surface area contributed by atoms with Gasteiger partial charge in [0.05, 0.1) is 0 Å². The van der Waals surface area contributed by atoms with E-state index in [9.17, 15) is 28.8 Å². The van der Waals surface area contributed by atoms with Crippen LogP contribution in [0.1, 0.15) is 0 Å². The van der Waals surface area contributed by atoms with E-state index in [0.29, 0.717) is 65.4 Å². The average molecular weight is 1180 g/mol. The van der Waals surface area contributed by atoms with Crippen molar-refractivity contribution in [1.82, 2.24) is 27.4 Å². The summed E-state index contributed by atoms with van der Waals surface area (Å²) in [5, 5.41) is 13.3. The highest BCUT2D eigenvalue weighted by Gasteiger charge is 2.06. The fourth-order valence-electron chi connectivity index (χ4n) is 11.7. The monoisotopic (exact) mass is 1180 g/mol. The molecule has 0 aliphatic rings. The van der Waals surface area contributed by atoms with E-state index in [4.69, 9.17) is 0 Å². The summed E-state index contributed by atoms with van der Waals surface area (Å²) in [6, 6.07) is 79.2. The molecule has 12 heteroatoms. The highest BCUT2D eigenvalue weighted by molar-refractivity contribution is 6.02. The Morgan fingerprint density at radius 2 is 0.244 bits per heavy atom. The number of aryl methyl sites for hydroxylation is 6. The smallest absolute Gasteiger partial charge is 0.258 e. The van der Waals surface area contributed by atoms with E-state index < -0.39 is 0 Å². The molecule has 0 N–H and O–H groups in total. The second kappa shape index (κ2) is 23.5. The molecule has 30 aromatic heterocycles. The molecule has 90 heavy (non-hydrogen) atoms. The van der Waals surface area contributed by atoms with Crippen LogP contribution in [-0.2, 0) is 42.3 Å². The molecule has 0 saturated carbocycles. The van der Waals surface area contributed by atoms with Gasteiger partial charge in [0.25, 0.3) is 33.4 Å². The van der Waals surface area contributed by atoms with E-state index >= 15 is 0 Å². The summed E-state index contributed by atoms with van der Waals surface area (Å²) in [6.07, 6.45) is 0. The molecule has 0 radical (unpaired) electrons. The maximum absolute atomic E-state index is 14.2. The van der Waals surface area contributed by atoms with Crippen molar-refractivity contribution < 1.29 is 0 Å². The van der Waals surface area contributed by atoms with Gasteiger partial charge in [-0.3, -0.25) is 28.8 Å². The summed E-state index contributed by atoms with van der Waals surface area (Å²) in [5.74, 6) is 0. The number of benzene rings is 11. The Morgan fingerprint density at radius 3 is 0.356 bits per heavy atom. The summed E-state index contributed by atoms with van der Waals surface area (Å²) in [5.41, 5.74) is 2.57. The summed E-state index contributed by atoms with van der Waals surface area (Å²) < 4.78 is 9.50. The van der Waals surface area contributed by atoms with Crippen molar-refractivity contribution >= 4 is 130 Å². The molecule has 0 aliphatic carbocycles. The number of hydrogen-bond acceptors (Lipinski definition) is 6. The maximum Gasteiger partial charge on any atom is 0.258 e. The third kappa shape index (κ3) is 11.0. The van der Waals surface area contributed by atoms with Crippen LogP contribution in [0.25, 0.3) is 130 Å². The Balaban J connectivity index is 1.14. The molecule has 24 bridgehead atoms. The Kier molecular flexibility index (Phi) is 15.0. The molecule has 0 fully saturated rings. The molecular weight excluding hydrogens is 1120 g/mol. The third-order valence-electron chi connectivity index (χ3n) is 17.4. The fourth-order valence-corrected chi connectivity index (χ4v) is 11.7. The van der Waals surface area contributed by atoms with Crippen LogP contribution in [0, 0.1) is 0 Å². The average Bonchev–Trinajstić information content (AvgIpc) is 1.14. The van der Waals surface area contributed by atoms with Gasteiger partial charge < -0.3 is 27.4 Å². The van der Waals surface area contributed by atoms with Gasteiger partial charge in [0.1, 0.15) is 0 Å². The van der Waals surface area contributed by atoms with Crippen LogP contribution in [0.2, 0.25) is 0 Å². The van der Waals surface area contributed by atoms with Crippen molar-refractivity contribution in [2.75, 3.05) is 0 Å². The molecule has 438 valence electrons. The van der Waals surface area contributed by atoms with Gasteiger partial charge in [-0.15, -0.1) is 0 Å². The fraction of sp³-hybridized carbons (Fsp3) is 0.0769. The van der Waals surface area contributed by atoms with E-state index in [-0.39, 0.29) is 33.4 Å². The van der Waals surface area contributed by atoms with E-state index in [2.05, 4.69) is 36.4 Å². The number of rotatable bonds is 0. The van der Waals surface area contributed by atoms with E-state index in [0.717, 1.165) is 64.6 Å². The molecule has 0 atom stereocenters. The van der Waals surface area contributed by atoms with Crippen molar-refractivity contribution in [3.8, 4) is 0 Å². The minimum atomic E-state index is -0.215. The van der Waals surface area contributed by atoms with Crippen LogP contribution < -0.4 is 33.4 Å². The summed E-state index contributed by atoms with van der Waals surface area (Å²) in [4.78, 5) is 85.0. The summed E-state index contributed by atoms with van der Waals surface area (Å²) in [6.45, 7) is 0. The first-order valence-corrected chi connectivity index (χ1v) is 29.4. The summed E-state index contributed by atoms with van der Waals surface area (Å²) in [7, 11) is 10.4. The first-order valence-electron chi connectivity index (χ1n) is 29.4. The second-order valence-corrected chi connectivity index (χ2v) is 22.8. The van der Waals surface area contributed by atoms with Crippen LogP contribution in [0.15, 0.2) is 284 Å². The quantitative estimate of drug-likeness (QED) is 0.149. The van der Waals surface area contributed by atoms with Gasteiger partial charge in [-0.2, -0.15) is 0 Å². The van der Waals surface area contributed by atoms with Gasteiger partial charge in [-0.1, -0.05) is 72.8 Å². The molecular formula is C78H60N6O6. The molecule has 0 saturated heterocycles.